The van der Waals surface area contributed by atoms with Gasteiger partial charge in [-0.15, -0.1) is 0 Å². The quantitative estimate of drug-likeness (QED) is 0.258. The summed E-state index contributed by atoms with van der Waals surface area (Å²) in [5, 5.41) is 0. The van der Waals surface area contributed by atoms with Crippen LogP contribution in [0, 0.1) is 18.8 Å². The van der Waals surface area contributed by atoms with Crippen LogP contribution in [0.25, 0.3) is 0 Å². The van der Waals surface area contributed by atoms with Gasteiger partial charge in [0.05, 0.1) is 35.7 Å². The van der Waals surface area contributed by atoms with Crippen LogP contribution >= 0.6 is 0 Å². The van der Waals surface area contributed by atoms with E-state index >= 15 is 0 Å². The number of methoxy groups -OCH3 is 1. The minimum atomic E-state index is -0.870. The standard InChI is InChI=1S/C33H26N2O3/c1-20-11-13-21(14-12-20)34-19-33-26-9-5-3-7-24(26)28(25-8-4-6-10-27(25)33)29-30(33)32(37)35(31(29)36)22-15-17-23(38-2)18-16-22/h3-19,28-30H,1-2H3. The minimum absolute atomic E-state index is 0.160. The lowest BCUT2D eigenvalue weighted by atomic mass is 9.47. The summed E-state index contributed by atoms with van der Waals surface area (Å²) in [6, 6.07) is 31.6. The number of nitrogens with zero attached hydrogens (tertiary/aromatic N) is 2. The maximum atomic E-state index is 14.4. The molecule has 8 rings (SSSR count). The van der Waals surface area contributed by atoms with Crippen molar-refractivity contribution < 1.29 is 14.3 Å². The third-order valence-electron chi connectivity index (χ3n) is 8.47. The Balaban J connectivity index is 1.47. The Morgan fingerprint density at radius 1 is 0.789 bits per heavy atom. The van der Waals surface area contributed by atoms with Crippen molar-refractivity contribution in [2.24, 2.45) is 16.8 Å². The molecule has 2 atom stereocenters. The van der Waals surface area contributed by atoms with Gasteiger partial charge in [-0.3, -0.25) is 14.6 Å². The van der Waals surface area contributed by atoms with E-state index in [9.17, 15) is 9.59 Å². The predicted molar refractivity (Wildman–Crippen MR) is 147 cm³/mol. The molecule has 2 amide bonds. The average Bonchev–Trinajstić information content (AvgIpc) is 3.23. The van der Waals surface area contributed by atoms with E-state index in [1.54, 1.807) is 31.4 Å². The Morgan fingerprint density at radius 2 is 1.39 bits per heavy atom. The fraction of sp³-hybridized carbons (Fsp3) is 0.182. The Labute approximate surface area is 221 Å². The molecule has 1 saturated heterocycles. The molecule has 2 bridgehead atoms. The average molecular weight is 499 g/mol. The SMILES string of the molecule is COc1ccc(N2C(=O)C3C4c5ccccc5C(C=Nc5ccc(C)cc5)(c5ccccc54)C3C2=O)cc1. The number of amides is 2. The molecule has 3 aliphatic carbocycles. The van der Waals surface area contributed by atoms with E-state index in [0.717, 1.165) is 33.5 Å². The third-order valence-corrected chi connectivity index (χ3v) is 8.47. The second kappa shape index (κ2) is 8.25. The molecule has 4 aromatic carbocycles. The van der Waals surface area contributed by atoms with Crippen LogP contribution in [0.2, 0.25) is 0 Å². The van der Waals surface area contributed by atoms with Crippen LogP contribution in [0.5, 0.6) is 5.75 Å². The highest BCUT2D eigenvalue weighted by molar-refractivity contribution is 6.25. The summed E-state index contributed by atoms with van der Waals surface area (Å²) in [6.45, 7) is 2.04. The molecule has 4 aliphatic rings. The molecule has 5 nitrogen and oxygen atoms in total. The van der Waals surface area contributed by atoms with Crippen molar-refractivity contribution >= 4 is 29.4 Å². The number of hydrogen-bond acceptors (Lipinski definition) is 4. The van der Waals surface area contributed by atoms with Gasteiger partial charge in [0.2, 0.25) is 11.8 Å². The number of aryl methyl sites for hydroxylation is 1. The highest BCUT2D eigenvalue weighted by atomic mass is 16.5. The maximum Gasteiger partial charge on any atom is 0.239 e. The van der Waals surface area contributed by atoms with Crippen molar-refractivity contribution in [1.29, 1.82) is 0 Å². The Hall–Kier alpha value is -4.51. The summed E-state index contributed by atoms with van der Waals surface area (Å²) in [5.74, 6) is -0.977. The molecular formula is C33H26N2O3. The van der Waals surface area contributed by atoms with E-state index in [4.69, 9.17) is 9.73 Å². The largest absolute Gasteiger partial charge is 0.497 e. The summed E-state index contributed by atoms with van der Waals surface area (Å²) in [7, 11) is 1.60. The summed E-state index contributed by atoms with van der Waals surface area (Å²) < 4.78 is 5.30. The van der Waals surface area contributed by atoms with E-state index in [1.807, 2.05) is 61.7 Å². The fourth-order valence-electron chi connectivity index (χ4n) is 6.84. The van der Waals surface area contributed by atoms with Crippen molar-refractivity contribution in [3.8, 4) is 5.75 Å². The first-order valence-corrected chi connectivity index (χ1v) is 12.9. The molecule has 186 valence electrons. The number of ether oxygens (including phenoxy) is 1. The van der Waals surface area contributed by atoms with Crippen molar-refractivity contribution in [3.63, 3.8) is 0 Å². The van der Waals surface area contributed by atoms with Crippen molar-refractivity contribution in [2.45, 2.75) is 18.3 Å². The first-order valence-electron chi connectivity index (χ1n) is 12.9. The highest BCUT2D eigenvalue weighted by Crippen LogP contribution is 2.63. The Kier molecular flexibility index (Phi) is 4.92. The second-order valence-corrected chi connectivity index (χ2v) is 10.3. The number of anilines is 1. The summed E-state index contributed by atoms with van der Waals surface area (Å²) >= 11 is 0. The smallest absolute Gasteiger partial charge is 0.239 e. The van der Waals surface area contributed by atoms with Crippen molar-refractivity contribution in [3.05, 3.63) is 125 Å². The first-order chi connectivity index (χ1) is 18.5. The van der Waals surface area contributed by atoms with Gasteiger partial charge >= 0.3 is 0 Å². The van der Waals surface area contributed by atoms with E-state index in [2.05, 4.69) is 24.3 Å². The van der Waals surface area contributed by atoms with Crippen LogP contribution < -0.4 is 9.64 Å². The molecule has 1 fully saturated rings. The third kappa shape index (κ3) is 2.96. The van der Waals surface area contributed by atoms with Gasteiger partial charge in [0.15, 0.2) is 0 Å². The van der Waals surface area contributed by atoms with E-state index in [-0.39, 0.29) is 17.7 Å². The zero-order valence-corrected chi connectivity index (χ0v) is 21.2. The summed E-state index contributed by atoms with van der Waals surface area (Å²) in [4.78, 5) is 34.9. The second-order valence-electron chi connectivity index (χ2n) is 10.3. The van der Waals surface area contributed by atoms with Gasteiger partial charge in [-0.05, 0) is 65.6 Å². The number of benzene rings is 4. The number of rotatable bonds is 4. The van der Waals surface area contributed by atoms with Crippen LogP contribution in [0.4, 0.5) is 11.4 Å². The Morgan fingerprint density at radius 3 is 2.00 bits per heavy atom. The predicted octanol–water partition coefficient (Wildman–Crippen LogP) is 5.96. The molecule has 0 N–H and O–H groups in total. The number of imide groups is 1. The van der Waals surface area contributed by atoms with E-state index in [0.29, 0.717) is 11.4 Å². The van der Waals surface area contributed by atoms with Gasteiger partial charge in [0.25, 0.3) is 0 Å². The lowest BCUT2D eigenvalue weighted by Gasteiger charge is -2.52. The number of carbonyl (C=O) groups is 2. The molecule has 38 heavy (non-hydrogen) atoms. The lowest BCUT2D eigenvalue weighted by Crippen LogP contribution is -2.54. The molecule has 0 saturated carbocycles. The van der Waals surface area contributed by atoms with Gasteiger partial charge in [-0.25, -0.2) is 4.90 Å². The summed E-state index contributed by atoms with van der Waals surface area (Å²) in [5.41, 5.74) is 5.97. The highest BCUT2D eigenvalue weighted by Gasteiger charge is 2.67. The number of hydrogen-bond donors (Lipinski definition) is 0. The maximum absolute atomic E-state index is 14.4. The zero-order chi connectivity index (χ0) is 26.0. The molecule has 2 unspecified atom stereocenters. The van der Waals surface area contributed by atoms with Crippen LogP contribution in [0.3, 0.4) is 0 Å². The van der Waals surface area contributed by atoms with Gasteiger partial charge in [-0.2, -0.15) is 0 Å². The van der Waals surface area contributed by atoms with Crippen LogP contribution in [0.15, 0.2) is 102 Å². The fourth-order valence-corrected chi connectivity index (χ4v) is 6.84. The molecule has 4 aromatic rings. The van der Waals surface area contributed by atoms with Crippen LogP contribution in [-0.2, 0) is 15.0 Å². The van der Waals surface area contributed by atoms with Gasteiger partial charge in [0, 0.05) is 12.1 Å². The van der Waals surface area contributed by atoms with Crippen LogP contribution in [0.1, 0.15) is 33.7 Å². The zero-order valence-electron chi connectivity index (χ0n) is 21.2. The minimum Gasteiger partial charge on any atom is -0.497 e. The summed E-state index contributed by atoms with van der Waals surface area (Å²) in [6.07, 6.45) is 1.94. The first kappa shape index (κ1) is 22.7. The molecular weight excluding hydrogens is 472 g/mol. The van der Waals surface area contributed by atoms with Crippen molar-refractivity contribution in [2.75, 3.05) is 12.0 Å². The monoisotopic (exact) mass is 498 g/mol. The van der Waals surface area contributed by atoms with Crippen molar-refractivity contribution in [1.82, 2.24) is 0 Å². The van der Waals surface area contributed by atoms with E-state index in [1.165, 1.54) is 4.90 Å². The molecule has 5 heteroatoms. The normalized spacial score (nSPS) is 24.9. The molecule has 0 aromatic heterocycles. The Bertz CT molecular complexity index is 1570. The molecule has 0 radical (unpaired) electrons. The number of aliphatic imine (C=N–C) groups is 1. The van der Waals surface area contributed by atoms with Crippen LogP contribution in [-0.4, -0.2) is 25.1 Å². The topological polar surface area (TPSA) is 59.0 Å². The van der Waals surface area contributed by atoms with Gasteiger partial charge < -0.3 is 4.74 Å². The van der Waals surface area contributed by atoms with E-state index < -0.39 is 17.3 Å². The van der Waals surface area contributed by atoms with Gasteiger partial charge in [-0.1, -0.05) is 66.2 Å². The lowest BCUT2D eigenvalue weighted by molar-refractivity contribution is -0.122. The molecule has 0 spiro atoms. The number of carbonyl (C=O) groups excluding carboxylic acids is 2. The van der Waals surface area contributed by atoms with Gasteiger partial charge in [0.1, 0.15) is 5.75 Å². The molecule has 1 heterocycles. The molecule has 1 aliphatic heterocycles.